The first kappa shape index (κ1) is 14.9. The van der Waals surface area contributed by atoms with E-state index in [1.807, 2.05) is 19.1 Å². The number of nitrogens with one attached hydrogen (secondary N) is 1. The Morgan fingerprint density at radius 2 is 1.75 bits per heavy atom. The summed E-state index contributed by atoms with van der Waals surface area (Å²) in [6, 6.07) is 8.71. The molecule has 1 aliphatic heterocycles. The summed E-state index contributed by atoms with van der Waals surface area (Å²) >= 11 is 0. The predicted molar refractivity (Wildman–Crippen MR) is 83.9 cm³/mol. The van der Waals surface area contributed by atoms with E-state index in [-0.39, 0.29) is 11.9 Å². The lowest BCUT2D eigenvalue weighted by molar-refractivity contribution is -0.137. The van der Waals surface area contributed by atoms with Crippen LogP contribution in [0.2, 0.25) is 0 Å². The second kappa shape index (κ2) is 6.29. The van der Waals surface area contributed by atoms with E-state index in [2.05, 4.69) is 43.1 Å². The molecule has 3 unspecified atom stereocenters. The van der Waals surface area contributed by atoms with Crippen LogP contribution >= 0.6 is 0 Å². The van der Waals surface area contributed by atoms with Crippen molar-refractivity contribution in [1.29, 1.82) is 0 Å². The highest BCUT2D eigenvalue weighted by Crippen LogP contribution is 2.24. The molecular formula is C17H26N2O. The zero-order chi connectivity index (χ0) is 14.7. The van der Waals surface area contributed by atoms with Crippen molar-refractivity contribution in [3.8, 4) is 0 Å². The van der Waals surface area contributed by atoms with Crippen molar-refractivity contribution in [2.75, 3.05) is 5.32 Å². The molecule has 3 atom stereocenters. The highest BCUT2D eigenvalue weighted by molar-refractivity contribution is 5.85. The van der Waals surface area contributed by atoms with Gasteiger partial charge in [-0.25, -0.2) is 0 Å². The van der Waals surface area contributed by atoms with Crippen LogP contribution in [-0.2, 0) is 4.79 Å². The van der Waals surface area contributed by atoms with Gasteiger partial charge in [0.15, 0.2) is 0 Å². The highest BCUT2D eigenvalue weighted by Gasteiger charge is 2.31. The maximum atomic E-state index is 12.7. The van der Waals surface area contributed by atoms with E-state index in [9.17, 15) is 4.79 Å². The zero-order valence-electron chi connectivity index (χ0n) is 13.0. The van der Waals surface area contributed by atoms with E-state index in [1.54, 1.807) is 0 Å². The summed E-state index contributed by atoms with van der Waals surface area (Å²) in [7, 11) is 0. The molecule has 1 aliphatic rings. The van der Waals surface area contributed by atoms with Gasteiger partial charge in [0.2, 0.25) is 5.91 Å². The Balaban J connectivity index is 2.02. The van der Waals surface area contributed by atoms with Gasteiger partial charge in [-0.1, -0.05) is 17.7 Å². The molecule has 1 heterocycles. The summed E-state index contributed by atoms with van der Waals surface area (Å²) in [5.74, 6) is 0.213. The van der Waals surface area contributed by atoms with Gasteiger partial charge >= 0.3 is 0 Å². The topological polar surface area (TPSA) is 32.3 Å². The van der Waals surface area contributed by atoms with Crippen LogP contribution < -0.4 is 5.32 Å². The monoisotopic (exact) mass is 274 g/mol. The predicted octanol–water partition coefficient (Wildman–Crippen LogP) is 3.58. The Morgan fingerprint density at radius 1 is 1.20 bits per heavy atom. The Morgan fingerprint density at radius 3 is 2.30 bits per heavy atom. The fourth-order valence-corrected chi connectivity index (χ4v) is 3.04. The van der Waals surface area contributed by atoms with Gasteiger partial charge in [0, 0.05) is 17.8 Å². The molecule has 2 rings (SSSR count). The Bertz CT molecular complexity index is 445. The molecule has 0 aliphatic carbocycles. The number of carbonyl (C=O) groups is 1. The summed E-state index contributed by atoms with van der Waals surface area (Å²) < 4.78 is 0. The molecule has 1 aromatic rings. The third-order valence-electron chi connectivity index (χ3n) is 4.25. The van der Waals surface area contributed by atoms with E-state index in [0.29, 0.717) is 12.1 Å². The van der Waals surface area contributed by atoms with E-state index >= 15 is 0 Å². The number of hydrogen-bond acceptors (Lipinski definition) is 2. The Labute approximate surface area is 122 Å². The Kier molecular flexibility index (Phi) is 4.69. The minimum atomic E-state index is -0.180. The van der Waals surface area contributed by atoms with Crippen LogP contribution in [0.4, 0.5) is 5.69 Å². The standard InChI is InChI=1S/C17H26N2O/c1-12-8-10-16(11-9-12)18-15(4)17(20)19-13(2)6-5-7-14(19)3/h8-11,13-15,18H,5-7H2,1-4H3. The summed E-state index contributed by atoms with van der Waals surface area (Å²) in [5, 5.41) is 3.32. The second-order valence-electron chi connectivity index (χ2n) is 6.11. The van der Waals surface area contributed by atoms with Crippen LogP contribution in [0.1, 0.15) is 45.6 Å². The van der Waals surface area contributed by atoms with Crippen molar-refractivity contribution in [2.24, 2.45) is 0 Å². The molecule has 1 amide bonds. The van der Waals surface area contributed by atoms with Gasteiger partial charge in [-0.15, -0.1) is 0 Å². The fraction of sp³-hybridized carbons (Fsp3) is 0.588. The average molecular weight is 274 g/mol. The first-order valence-electron chi connectivity index (χ1n) is 7.64. The van der Waals surface area contributed by atoms with Crippen LogP contribution in [0, 0.1) is 6.92 Å². The molecule has 0 bridgehead atoms. The number of anilines is 1. The molecule has 3 nitrogen and oxygen atoms in total. The average Bonchev–Trinajstić information content (AvgIpc) is 2.41. The summed E-state index contributed by atoms with van der Waals surface area (Å²) in [6.45, 7) is 8.34. The molecule has 0 spiro atoms. The molecule has 1 fully saturated rings. The van der Waals surface area contributed by atoms with Gasteiger partial charge in [-0.05, 0) is 59.1 Å². The van der Waals surface area contributed by atoms with E-state index in [4.69, 9.17) is 0 Å². The first-order valence-corrected chi connectivity index (χ1v) is 7.64. The maximum Gasteiger partial charge on any atom is 0.245 e. The second-order valence-corrected chi connectivity index (χ2v) is 6.11. The van der Waals surface area contributed by atoms with E-state index < -0.39 is 0 Å². The van der Waals surface area contributed by atoms with Crippen molar-refractivity contribution in [3.63, 3.8) is 0 Å². The quantitative estimate of drug-likeness (QED) is 0.913. The van der Waals surface area contributed by atoms with Crippen LogP contribution in [0.15, 0.2) is 24.3 Å². The van der Waals surface area contributed by atoms with Gasteiger partial charge in [-0.2, -0.15) is 0 Å². The number of likely N-dealkylation sites (tertiary alicyclic amines) is 1. The molecule has 0 radical (unpaired) electrons. The number of aryl methyl sites for hydroxylation is 1. The van der Waals surface area contributed by atoms with E-state index in [0.717, 1.165) is 18.5 Å². The van der Waals surface area contributed by atoms with Gasteiger partial charge < -0.3 is 10.2 Å². The van der Waals surface area contributed by atoms with Gasteiger partial charge in [0.1, 0.15) is 6.04 Å². The number of amides is 1. The molecule has 0 aromatic heterocycles. The minimum Gasteiger partial charge on any atom is -0.374 e. The molecule has 1 N–H and O–H groups in total. The van der Waals surface area contributed by atoms with Crippen LogP contribution in [0.3, 0.4) is 0 Å². The molecule has 1 aromatic carbocycles. The number of rotatable bonds is 3. The minimum absolute atomic E-state index is 0.180. The normalized spacial score (nSPS) is 24.3. The first-order chi connectivity index (χ1) is 9.49. The van der Waals surface area contributed by atoms with Gasteiger partial charge in [0.05, 0.1) is 0 Å². The zero-order valence-corrected chi connectivity index (χ0v) is 13.0. The van der Waals surface area contributed by atoms with Crippen molar-refractivity contribution >= 4 is 11.6 Å². The lowest BCUT2D eigenvalue weighted by atomic mass is 9.96. The van der Waals surface area contributed by atoms with Crippen LogP contribution in [0.5, 0.6) is 0 Å². The summed E-state index contributed by atoms with van der Waals surface area (Å²) in [4.78, 5) is 14.7. The largest absolute Gasteiger partial charge is 0.374 e. The highest BCUT2D eigenvalue weighted by atomic mass is 16.2. The van der Waals surface area contributed by atoms with Gasteiger partial charge in [0.25, 0.3) is 0 Å². The smallest absolute Gasteiger partial charge is 0.245 e. The van der Waals surface area contributed by atoms with E-state index in [1.165, 1.54) is 12.0 Å². The van der Waals surface area contributed by atoms with Crippen LogP contribution in [-0.4, -0.2) is 28.9 Å². The summed E-state index contributed by atoms with van der Waals surface area (Å²) in [6.07, 6.45) is 3.46. The van der Waals surface area contributed by atoms with Gasteiger partial charge in [-0.3, -0.25) is 4.79 Å². The third-order valence-corrected chi connectivity index (χ3v) is 4.25. The molecule has 1 saturated heterocycles. The molecule has 0 saturated carbocycles. The third kappa shape index (κ3) is 3.33. The van der Waals surface area contributed by atoms with Crippen LogP contribution in [0.25, 0.3) is 0 Å². The molecule has 3 heteroatoms. The summed E-state index contributed by atoms with van der Waals surface area (Å²) in [5.41, 5.74) is 2.24. The number of carbonyl (C=O) groups excluding carboxylic acids is 1. The molecular weight excluding hydrogens is 248 g/mol. The number of benzene rings is 1. The van der Waals surface area contributed by atoms with Crippen molar-refractivity contribution in [2.45, 2.75) is 65.1 Å². The van der Waals surface area contributed by atoms with Crippen molar-refractivity contribution in [3.05, 3.63) is 29.8 Å². The lowest BCUT2D eigenvalue weighted by Gasteiger charge is -2.40. The number of piperidine rings is 1. The van der Waals surface area contributed by atoms with Crippen molar-refractivity contribution in [1.82, 2.24) is 4.90 Å². The fourth-order valence-electron chi connectivity index (χ4n) is 3.04. The SMILES string of the molecule is Cc1ccc(NC(C)C(=O)N2C(C)CCCC2C)cc1. The maximum absolute atomic E-state index is 12.7. The number of nitrogens with zero attached hydrogens (tertiary/aromatic N) is 1. The van der Waals surface area contributed by atoms with Crippen molar-refractivity contribution < 1.29 is 4.79 Å². The molecule has 110 valence electrons. The Hall–Kier alpha value is -1.51. The molecule has 20 heavy (non-hydrogen) atoms. The number of hydrogen-bond donors (Lipinski definition) is 1. The lowest BCUT2D eigenvalue weighted by Crippen LogP contribution is -2.52.